The summed E-state index contributed by atoms with van der Waals surface area (Å²) in [5.74, 6) is 0.234. The van der Waals surface area contributed by atoms with Crippen molar-refractivity contribution < 1.29 is 14.3 Å². The molecule has 9 nitrogen and oxygen atoms in total. The smallest absolute Gasteiger partial charge is 0.422 e. The van der Waals surface area contributed by atoms with Crippen molar-refractivity contribution in [1.82, 2.24) is 20.4 Å². The van der Waals surface area contributed by atoms with E-state index in [9.17, 15) is 9.59 Å². The van der Waals surface area contributed by atoms with Crippen LogP contribution in [0.2, 0.25) is 5.28 Å². The number of hydrazine groups is 1. The van der Waals surface area contributed by atoms with Gasteiger partial charge in [0.25, 0.3) is 0 Å². The third kappa shape index (κ3) is 4.59. The van der Waals surface area contributed by atoms with Gasteiger partial charge in [-0.15, -0.1) is 0 Å². The zero-order valence-electron chi connectivity index (χ0n) is 15.8. The van der Waals surface area contributed by atoms with E-state index in [1.54, 1.807) is 5.01 Å². The van der Waals surface area contributed by atoms with Crippen LogP contribution in [0.5, 0.6) is 0 Å². The fourth-order valence-electron chi connectivity index (χ4n) is 3.45. The zero-order valence-corrected chi connectivity index (χ0v) is 16.5. The SMILES string of the molecule is CC(C)(C)OC(=O)NN1CCc2nc(Cl)nc(N3CCC[C@H]3C(N)=O)c2C1. The van der Waals surface area contributed by atoms with Crippen molar-refractivity contribution in [2.45, 2.75) is 58.2 Å². The second-order valence-corrected chi connectivity index (χ2v) is 8.12. The first-order valence-electron chi connectivity index (χ1n) is 9.00. The summed E-state index contributed by atoms with van der Waals surface area (Å²) in [5.41, 5.74) is 9.39. The summed E-state index contributed by atoms with van der Waals surface area (Å²) in [6.07, 6.45) is 1.61. The average molecular weight is 397 g/mol. The molecule has 1 aromatic rings. The number of fused-ring (bicyclic) bond motifs is 1. The van der Waals surface area contributed by atoms with E-state index in [-0.39, 0.29) is 11.2 Å². The highest BCUT2D eigenvalue weighted by atomic mass is 35.5. The number of carbonyl (C=O) groups is 2. The number of hydrogen-bond acceptors (Lipinski definition) is 7. The van der Waals surface area contributed by atoms with Crippen LogP contribution in [0.4, 0.5) is 10.6 Å². The van der Waals surface area contributed by atoms with Crippen LogP contribution in [0, 0.1) is 0 Å². The Kier molecular flexibility index (Phi) is 5.43. The Hall–Kier alpha value is -2.13. The summed E-state index contributed by atoms with van der Waals surface area (Å²) in [4.78, 5) is 34.5. The summed E-state index contributed by atoms with van der Waals surface area (Å²) >= 11 is 6.11. The summed E-state index contributed by atoms with van der Waals surface area (Å²) in [7, 11) is 0. The molecule has 0 saturated carbocycles. The van der Waals surface area contributed by atoms with Gasteiger partial charge in [-0.2, -0.15) is 0 Å². The normalized spacial score (nSPS) is 20.3. The van der Waals surface area contributed by atoms with E-state index in [0.717, 1.165) is 17.7 Å². The highest BCUT2D eigenvalue weighted by Crippen LogP contribution is 2.32. The van der Waals surface area contributed by atoms with Crippen LogP contribution in [0.1, 0.15) is 44.9 Å². The summed E-state index contributed by atoms with van der Waals surface area (Å²) in [6.45, 7) is 7.06. The van der Waals surface area contributed by atoms with E-state index < -0.39 is 17.7 Å². The minimum atomic E-state index is -0.580. The van der Waals surface area contributed by atoms with Crippen molar-refractivity contribution >= 4 is 29.4 Å². The Bertz CT molecular complexity index is 751. The predicted molar refractivity (Wildman–Crippen MR) is 100 cm³/mol. The maximum atomic E-state index is 12.1. The molecule has 3 rings (SSSR count). The molecular weight excluding hydrogens is 372 g/mol. The van der Waals surface area contributed by atoms with Crippen LogP contribution >= 0.6 is 11.6 Å². The number of aromatic nitrogens is 2. The molecule has 2 amide bonds. The molecule has 10 heteroatoms. The molecule has 0 unspecified atom stereocenters. The van der Waals surface area contributed by atoms with Gasteiger partial charge < -0.3 is 15.4 Å². The Morgan fingerprint density at radius 1 is 1.30 bits per heavy atom. The fourth-order valence-corrected chi connectivity index (χ4v) is 3.63. The van der Waals surface area contributed by atoms with Crippen LogP contribution in [-0.4, -0.2) is 51.7 Å². The number of primary amides is 1. The van der Waals surface area contributed by atoms with Crippen LogP contribution in [0.25, 0.3) is 0 Å². The van der Waals surface area contributed by atoms with Crippen LogP contribution in [-0.2, 0) is 22.5 Å². The van der Waals surface area contributed by atoms with Crippen molar-refractivity contribution in [3.05, 3.63) is 16.5 Å². The van der Waals surface area contributed by atoms with E-state index in [1.165, 1.54) is 0 Å². The molecule has 0 aromatic carbocycles. The van der Waals surface area contributed by atoms with Gasteiger partial charge >= 0.3 is 6.09 Å². The summed E-state index contributed by atoms with van der Waals surface area (Å²) in [5, 5.41) is 1.90. The quantitative estimate of drug-likeness (QED) is 0.742. The molecule has 1 fully saturated rings. The number of anilines is 1. The van der Waals surface area contributed by atoms with Gasteiger partial charge in [0.1, 0.15) is 17.5 Å². The predicted octanol–water partition coefficient (Wildman–Crippen LogP) is 1.38. The number of ether oxygens (including phenoxy) is 1. The first-order valence-corrected chi connectivity index (χ1v) is 9.37. The van der Waals surface area contributed by atoms with Gasteiger partial charge in [-0.1, -0.05) is 0 Å². The molecule has 0 spiro atoms. The molecule has 1 atom stereocenters. The Labute approximate surface area is 163 Å². The molecular formula is C17H25ClN6O3. The lowest BCUT2D eigenvalue weighted by Crippen LogP contribution is -2.48. The average Bonchev–Trinajstić information content (AvgIpc) is 3.02. The third-order valence-corrected chi connectivity index (χ3v) is 4.68. The molecule has 2 aliphatic rings. The van der Waals surface area contributed by atoms with Crippen molar-refractivity contribution in [3.63, 3.8) is 0 Å². The highest BCUT2D eigenvalue weighted by Gasteiger charge is 2.34. The molecule has 0 radical (unpaired) electrons. The Balaban J connectivity index is 1.83. The molecule has 148 valence electrons. The number of amides is 2. The van der Waals surface area contributed by atoms with Crippen LogP contribution in [0.3, 0.4) is 0 Å². The summed E-state index contributed by atoms with van der Waals surface area (Å²) < 4.78 is 5.31. The van der Waals surface area contributed by atoms with E-state index in [2.05, 4.69) is 15.4 Å². The van der Waals surface area contributed by atoms with Crippen molar-refractivity contribution in [3.8, 4) is 0 Å². The Morgan fingerprint density at radius 2 is 2.04 bits per heavy atom. The number of nitrogens with zero attached hydrogens (tertiary/aromatic N) is 4. The number of rotatable bonds is 3. The summed E-state index contributed by atoms with van der Waals surface area (Å²) in [6, 6.07) is -0.408. The van der Waals surface area contributed by atoms with Crippen molar-refractivity contribution in [1.29, 1.82) is 0 Å². The number of hydrogen-bond donors (Lipinski definition) is 2. The van der Waals surface area contributed by atoms with Gasteiger partial charge in [-0.05, 0) is 45.2 Å². The van der Waals surface area contributed by atoms with Crippen LogP contribution < -0.4 is 16.1 Å². The molecule has 1 aromatic heterocycles. The minimum Gasteiger partial charge on any atom is -0.443 e. The van der Waals surface area contributed by atoms with Crippen molar-refractivity contribution in [2.24, 2.45) is 5.73 Å². The Morgan fingerprint density at radius 3 is 2.70 bits per heavy atom. The number of halogens is 1. The first-order chi connectivity index (χ1) is 12.6. The highest BCUT2D eigenvalue weighted by molar-refractivity contribution is 6.28. The topological polar surface area (TPSA) is 114 Å². The lowest BCUT2D eigenvalue weighted by atomic mass is 10.1. The van der Waals surface area contributed by atoms with E-state index >= 15 is 0 Å². The standard InChI is InChI=1S/C17H25ClN6O3/c1-17(2,3)27-16(26)22-23-8-6-11-10(9-23)14(21-15(18)20-11)24-7-4-5-12(24)13(19)25/h12H,4-9H2,1-3H3,(H2,19,25)(H,22,26)/t12-/m0/s1. The molecule has 3 heterocycles. The number of carbonyl (C=O) groups excluding carboxylic acids is 2. The van der Waals surface area contributed by atoms with Crippen molar-refractivity contribution in [2.75, 3.05) is 18.0 Å². The minimum absolute atomic E-state index is 0.146. The second-order valence-electron chi connectivity index (χ2n) is 7.78. The lowest BCUT2D eigenvalue weighted by molar-refractivity contribution is -0.119. The van der Waals surface area contributed by atoms with Gasteiger partial charge in [0.15, 0.2) is 0 Å². The van der Waals surface area contributed by atoms with E-state index in [0.29, 0.717) is 38.3 Å². The second kappa shape index (κ2) is 7.47. The van der Waals surface area contributed by atoms with Gasteiger partial charge in [-0.3, -0.25) is 10.2 Å². The molecule has 3 N–H and O–H groups in total. The number of nitrogens with one attached hydrogen (secondary N) is 1. The molecule has 0 bridgehead atoms. The molecule has 1 saturated heterocycles. The monoisotopic (exact) mass is 396 g/mol. The van der Waals surface area contributed by atoms with E-state index in [1.807, 2.05) is 25.7 Å². The fraction of sp³-hybridized carbons (Fsp3) is 0.647. The molecule has 2 aliphatic heterocycles. The molecule has 0 aliphatic carbocycles. The van der Waals surface area contributed by atoms with Gasteiger partial charge in [0, 0.05) is 31.6 Å². The number of nitrogens with two attached hydrogens (primary N) is 1. The molecule has 27 heavy (non-hydrogen) atoms. The lowest BCUT2D eigenvalue weighted by Gasteiger charge is -2.33. The maximum Gasteiger partial charge on any atom is 0.422 e. The zero-order chi connectivity index (χ0) is 19.8. The van der Waals surface area contributed by atoms with Gasteiger partial charge in [0.2, 0.25) is 11.2 Å². The van der Waals surface area contributed by atoms with Crippen LogP contribution in [0.15, 0.2) is 0 Å². The third-order valence-electron chi connectivity index (χ3n) is 4.51. The first kappa shape index (κ1) is 19.6. The van der Waals surface area contributed by atoms with Gasteiger partial charge in [0.05, 0.1) is 5.69 Å². The van der Waals surface area contributed by atoms with E-state index in [4.69, 9.17) is 22.1 Å². The van der Waals surface area contributed by atoms with Gasteiger partial charge in [-0.25, -0.2) is 19.8 Å². The maximum absolute atomic E-state index is 12.1. The largest absolute Gasteiger partial charge is 0.443 e.